The van der Waals surface area contributed by atoms with Gasteiger partial charge < -0.3 is 0 Å². The maximum atomic E-state index is 2.69. The molecule has 0 aromatic carbocycles. The van der Waals surface area contributed by atoms with Crippen LogP contribution in [0.2, 0.25) is 10.5 Å². The van der Waals surface area contributed by atoms with E-state index in [1.54, 1.807) is 30.0 Å². The second kappa shape index (κ2) is 7.37. The molecular formula is C28H48Ti. The number of rotatable bonds is 2. The zero-order chi connectivity index (χ0) is 22.8. The van der Waals surface area contributed by atoms with Gasteiger partial charge in [-0.1, -0.05) is 0 Å². The van der Waals surface area contributed by atoms with Crippen LogP contribution in [0.5, 0.6) is 0 Å². The van der Waals surface area contributed by atoms with Gasteiger partial charge in [0.1, 0.15) is 0 Å². The molecule has 1 heteroatoms. The predicted molar refractivity (Wildman–Crippen MR) is 129 cm³/mol. The Morgan fingerprint density at radius 2 is 0.793 bits per heavy atom. The zero-order valence-electron chi connectivity index (χ0n) is 22.1. The van der Waals surface area contributed by atoms with Crippen LogP contribution >= 0.6 is 0 Å². The van der Waals surface area contributed by atoms with Crippen LogP contribution in [0.25, 0.3) is 0 Å². The van der Waals surface area contributed by atoms with E-state index in [9.17, 15) is 0 Å². The summed E-state index contributed by atoms with van der Waals surface area (Å²) in [7, 11) is 0. The fraction of sp³-hybridized carbons (Fsp3) is 0.714. The molecular weight excluding hydrogens is 384 g/mol. The first-order valence-corrected chi connectivity index (χ1v) is 16.3. The fourth-order valence-corrected chi connectivity index (χ4v) is 13.2. The first-order chi connectivity index (χ1) is 12.7. The standard InChI is InChI=1S/2C13H21.2CH3.Ti/c2*1-12(2,3)10-7-8-11(9-10)13(4,5)6;;;/h2*7H,8H2,1-6H3;2*1H3;. The van der Waals surface area contributed by atoms with E-state index in [2.05, 4.69) is 106 Å². The Hall–Kier alpha value is -0.326. The van der Waals surface area contributed by atoms with Gasteiger partial charge in [-0.3, -0.25) is 0 Å². The predicted octanol–water partition coefficient (Wildman–Crippen LogP) is 9.59. The van der Waals surface area contributed by atoms with E-state index in [0.717, 1.165) is 12.8 Å². The van der Waals surface area contributed by atoms with Gasteiger partial charge in [-0.05, 0) is 0 Å². The number of hydrogen-bond acceptors (Lipinski definition) is 0. The third-order valence-corrected chi connectivity index (χ3v) is 12.5. The SMILES string of the molecule is CC(C)(C)C1=CCC(C(C)(C)C)=[C]1[Ti]([CH3])([CH3])[C]1=C(C(C)(C)C)CC=C1C(C)(C)C. The number of allylic oxidation sites excluding steroid dienone is 8. The first-order valence-electron chi connectivity index (χ1n) is 11.6. The molecule has 0 atom stereocenters. The van der Waals surface area contributed by atoms with Crippen molar-refractivity contribution in [3.8, 4) is 0 Å². The summed E-state index contributed by atoms with van der Waals surface area (Å²) < 4.78 is 3.61. The van der Waals surface area contributed by atoms with Crippen molar-refractivity contribution in [3.63, 3.8) is 0 Å². The molecule has 0 unspecified atom stereocenters. The van der Waals surface area contributed by atoms with E-state index in [-0.39, 0.29) is 21.7 Å². The molecule has 0 aromatic heterocycles. The van der Waals surface area contributed by atoms with E-state index >= 15 is 0 Å². The van der Waals surface area contributed by atoms with Crippen molar-refractivity contribution in [3.05, 3.63) is 42.2 Å². The molecule has 0 amide bonds. The molecule has 0 saturated carbocycles. The summed E-state index contributed by atoms with van der Waals surface area (Å²) >= 11 is -2.57. The molecule has 0 N–H and O–H groups in total. The Balaban J connectivity index is 2.87. The Morgan fingerprint density at radius 1 is 0.517 bits per heavy atom. The van der Waals surface area contributed by atoms with Gasteiger partial charge in [0.25, 0.3) is 0 Å². The molecule has 2 rings (SSSR count). The van der Waals surface area contributed by atoms with Crippen molar-refractivity contribution in [1.29, 1.82) is 0 Å². The normalized spacial score (nSPS) is 19.9. The van der Waals surface area contributed by atoms with Crippen molar-refractivity contribution in [2.45, 2.75) is 106 Å². The second-order valence-corrected chi connectivity index (χ2v) is 20.6. The van der Waals surface area contributed by atoms with Crippen LogP contribution in [-0.4, -0.2) is 0 Å². The molecule has 2 aliphatic carbocycles. The van der Waals surface area contributed by atoms with Gasteiger partial charge in [-0.25, -0.2) is 0 Å². The fourth-order valence-electron chi connectivity index (χ4n) is 5.42. The van der Waals surface area contributed by atoms with Gasteiger partial charge in [0, 0.05) is 0 Å². The third kappa shape index (κ3) is 4.80. The molecule has 0 aromatic rings. The van der Waals surface area contributed by atoms with Gasteiger partial charge in [-0.15, -0.1) is 0 Å². The van der Waals surface area contributed by atoms with Gasteiger partial charge >= 0.3 is 187 Å². The first kappa shape index (κ1) is 24.9. The van der Waals surface area contributed by atoms with Crippen molar-refractivity contribution in [2.75, 3.05) is 0 Å². The van der Waals surface area contributed by atoms with Gasteiger partial charge in [-0.2, -0.15) is 0 Å². The van der Waals surface area contributed by atoms with E-state index in [4.69, 9.17) is 0 Å². The van der Waals surface area contributed by atoms with Crippen LogP contribution in [-0.2, 0) is 16.6 Å². The average Bonchev–Trinajstić information content (AvgIpc) is 3.10. The van der Waals surface area contributed by atoms with Crippen LogP contribution in [0.15, 0.2) is 42.2 Å². The minimum absolute atomic E-state index is 0.206. The quantitative estimate of drug-likeness (QED) is 0.381. The van der Waals surface area contributed by atoms with Gasteiger partial charge in [0.2, 0.25) is 0 Å². The van der Waals surface area contributed by atoms with Crippen molar-refractivity contribution in [1.82, 2.24) is 0 Å². The van der Waals surface area contributed by atoms with Crippen molar-refractivity contribution >= 4 is 0 Å². The van der Waals surface area contributed by atoms with Crippen LogP contribution < -0.4 is 0 Å². The summed E-state index contributed by atoms with van der Waals surface area (Å²) in [5.41, 5.74) is 7.60. The summed E-state index contributed by atoms with van der Waals surface area (Å²) in [6, 6.07) is 0. The average molecular weight is 433 g/mol. The molecule has 0 bridgehead atoms. The molecule has 0 spiro atoms. The molecule has 164 valence electrons. The van der Waals surface area contributed by atoms with Crippen LogP contribution in [0, 0.1) is 21.7 Å². The Labute approximate surface area is 186 Å². The molecule has 29 heavy (non-hydrogen) atoms. The Morgan fingerprint density at radius 3 is 1.00 bits per heavy atom. The topological polar surface area (TPSA) is 0 Å². The molecule has 2 aliphatic rings. The Bertz CT molecular complexity index is 726. The summed E-state index contributed by atoms with van der Waals surface area (Å²) in [4.78, 5) is 0. The van der Waals surface area contributed by atoms with E-state index in [1.807, 2.05) is 0 Å². The molecule has 0 radical (unpaired) electrons. The maximum absolute atomic E-state index is 2.69. The number of hydrogen-bond donors (Lipinski definition) is 0. The van der Waals surface area contributed by atoms with Crippen LogP contribution in [0.1, 0.15) is 95.9 Å². The Kier molecular flexibility index (Phi) is 6.34. The summed E-state index contributed by atoms with van der Waals surface area (Å²) in [5, 5.41) is 5.38. The summed E-state index contributed by atoms with van der Waals surface area (Å²) in [6.07, 6.45) is 7.45. The van der Waals surface area contributed by atoms with E-state index in [0.29, 0.717) is 0 Å². The van der Waals surface area contributed by atoms with Crippen molar-refractivity contribution < 1.29 is 16.6 Å². The molecule has 0 aliphatic heterocycles. The molecule has 0 heterocycles. The monoisotopic (exact) mass is 432 g/mol. The minimum atomic E-state index is -2.57. The summed E-state index contributed by atoms with van der Waals surface area (Å²) in [6.45, 7) is 29.0. The second-order valence-electron chi connectivity index (χ2n) is 14.0. The summed E-state index contributed by atoms with van der Waals surface area (Å²) in [5.74, 6) is 0. The van der Waals surface area contributed by atoms with Crippen molar-refractivity contribution in [2.24, 2.45) is 21.7 Å². The van der Waals surface area contributed by atoms with Gasteiger partial charge in [0.15, 0.2) is 0 Å². The molecule has 0 fully saturated rings. The van der Waals surface area contributed by atoms with Crippen LogP contribution in [0.4, 0.5) is 0 Å². The molecule has 0 nitrogen and oxygen atoms in total. The van der Waals surface area contributed by atoms with Gasteiger partial charge in [0.05, 0.1) is 0 Å². The van der Waals surface area contributed by atoms with E-state index in [1.165, 1.54) is 0 Å². The van der Waals surface area contributed by atoms with Crippen LogP contribution in [0.3, 0.4) is 0 Å². The van der Waals surface area contributed by atoms with E-state index < -0.39 is 16.6 Å². The zero-order valence-corrected chi connectivity index (χ0v) is 23.6. The third-order valence-electron chi connectivity index (χ3n) is 6.84. The molecule has 0 saturated heterocycles.